The third-order valence-corrected chi connectivity index (χ3v) is 4.70. The maximum atomic E-state index is 12.6. The highest BCUT2D eigenvalue weighted by Gasteiger charge is 2.31. The third kappa shape index (κ3) is 4.33. The number of aliphatic hydroxyl groups excluding tert-OH is 1. The predicted octanol–water partition coefficient (Wildman–Crippen LogP) is 1.53. The number of carbonyl (C=O) groups is 2. The molecule has 6 heteroatoms. The lowest BCUT2D eigenvalue weighted by atomic mass is 9.94. The molecular weight excluding hydrogens is 272 g/mol. The zero-order valence-electron chi connectivity index (χ0n) is 12.5. The molecule has 2 aliphatic rings. The van der Waals surface area contributed by atoms with Gasteiger partial charge in [0, 0.05) is 32.1 Å². The average Bonchev–Trinajstić information content (AvgIpc) is 2.98. The van der Waals surface area contributed by atoms with Crippen molar-refractivity contribution in [3.63, 3.8) is 0 Å². The number of carbonyl (C=O) groups excluding carboxylic acids is 1. The maximum Gasteiger partial charge on any atom is 0.320 e. The van der Waals surface area contributed by atoms with Crippen molar-refractivity contribution in [2.45, 2.75) is 51.0 Å². The van der Waals surface area contributed by atoms with E-state index < -0.39 is 5.97 Å². The summed E-state index contributed by atoms with van der Waals surface area (Å²) in [6.45, 7) is 1.66. The van der Waals surface area contributed by atoms with E-state index in [1.807, 2.05) is 9.80 Å². The Morgan fingerprint density at radius 2 is 1.71 bits per heavy atom. The van der Waals surface area contributed by atoms with Crippen LogP contribution in [-0.4, -0.2) is 64.3 Å². The molecule has 2 rings (SSSR count). The molecule has 2 amide bonds. The summed E-state index contributed by atoms with van der Waals surface area (Å²) in [5.41, 5.74) is 0. The van der Waals surface area contributed by atoms with Crippen LogP contribution in [0.15, 0.2) is 0 Å². The van der Waals surface area contributed by atoms with Gasteiger partial charge >= 0.3 is 12.0 Å². The molecule has 6 nitrogen and oxygen atoms in total. The molecule has 0 spiro atoms. The van der Waals surface area contributed by atoms with Crippen molar-refractivity contribution in [3.05, 3.63) is 0 Å². The number of likely N-dealkylation sites (tertiary alicyclic amines) is 1. The second-order valence-corrected chi connectivity index (χ2v) is 6.17. The second-order valence-electron chi connectivity index (χ2n) is 6.17. The Bertz CT molecular complexity index is 361. The van der Waals surface area contributed by atoms with Gasteiger partial charge in [-0.2, -0.15) is 0 Å². The number of amides is 2. The molecule has 21 heavy (non-hydrogen) atoms. The second kappa shape index (κ2) is 7.64. The molecule has 0 aromatic carbocycles. The minimum absolute atomic E-state index is 0.00226. The van der Waals surface area contributed by atoms with Crippen molar-refractivity contribution in [3.8, 4) is 0 Å². The Balaban J connectivity index is 1.87. The molecule has 0 unspecified atom stereocenters. The minimum Gasteiger partial charge on any atom is -0.481 e. The molecule has 1 saturated heterocycles. The van der Waals surface area contributed by atoms with E-state index in [1.54, 1.807) is 0 Å². The van der Waals surface area contributed by atoms with Crippen LogP contribution in [0.5, 0.6) is 0 Å². The van der Waals surface area contributed by atoms with Gasteiger partial charge in [-0.25, -0.2) is 4.79 Å². The van der Waals surface area contributed by atoms with E-state index in [4.69, 9.17) is 5.11 Å². The number of carboxylic acid groups (broad SMARTS) is 1. The van der Waals surface area contributed by atoms with Crippen LogP contribution in [0.1, 0.15) is 44.9 Å². The zero-order chi connectivity index (χ0) is 15.2. The lowest BCUT2D eigenvalue weighted by Crippen LogP contribution is -2.50. The molecule has 0 aromatic rings. The first kappa shape index (κ1) is 16.1. The Labute approximate surface area is 125 Å². The summed E-state index contributed by atoms with van der Waals surface area (Å²) in [6, 6.07) is 0.283. The lowest BCUT2D eigenvalue weighted by molar-refractivity contribution is -0.138. The fourth-order valence-corrected chi connectivity index (χ4v) is 3.52. The van der Waals surface area contributed by atoms with Crippen LogP contribution in [0.25, 0.3) is 0 Å². The smallest absolute Gasteiger partial charge is 0.320 e. The van der Waals surface area contributed by atoms with Crippen molar-refractivity contribution < 1.29 is 19.8 Å². The van der Waals surface area contributed by atoms with Gasteiger partial charge in [0.05, 0.1) is 6.61 Å². The van der Waals surface area contributed by atoms with Crippen molar-refractivity contribution in [1.82, 2.24) is 9.80 Å². The van der Waals surface area contributed by atoms with Gasteiger partial charge in [0.25, 0.3) is 0 Å². The minimum atomic E-state index is -0.757. The van der Waals surface area contributed by atoms with E-state index in [0.29, 0.717) is 19.6 Å². The highest BCUT2D eigenvalue weighted by atomic mass is 16.4. The van der Waals surface area contributed by atoms with Gasteiger partial charge in [-0.3, -0.25) is 4.79 Å². The van der Waals surface area contributed by atoms with Crippen LogP contribution in [0.3, 0.4) is 0 Å². The number of hydrogen-bond donors (Lipinski definition) is 2. The molecule has 1 aliphatic heterocycles. The topological polar surface area (TPSA) is 81.1 Å². The summed E-state index contributed by atoms with van der Waals surface area (Å²) in [6.07, 6.45) is 6.08. The predicted molar refractivity (Wildman–Crippen MR) is 78.0 cm³/mol. The monoisotopic (exact) mass is 298 g/mol. The number of piperidine rings is 1. The third-order valence-electron chi connectivity index (χ3n) is 4.70. The van der Waals surface area contributed by atoms with Crippen LogP contribution in [0.4, 0.5) is 4.79 Å². The maximum absolute atomic E-state index is 12.6. The number of aliphatic carboxylic acids is 1. The standard InChI is InChI=1S/C15H26N2O4/c18-10-9-17(13-3-1-2-4-13)15(21)16-7-5-12(6-8-16)11-14(19)20/h12-13,18H,1-11H2,(H,19,20). The fourth-order valence-electron chi connectivity index (χ4n) is 3.52. The first-order chi connectivity index (χ1) is 10.1. The Morgan fingerprint density at radius 3 is 2.24 bits per heavy atom. The molecule has 1 saturated carbocycles. The zero-order valence-corrected chi connectivity index (χ0v) is 12.5. The van der Waals surface area contributed by atoms with Gasteiger partial charge in [0.15, 0.2) is 0 Å². The molecule has 0 aromatic heterocycles. The van der Waals surface area contributed by atoms with Gasteiger partial charge in [-0.05, 0) is 31.6 Å². The van der Waals surface area contributed by atoms with Crippen LogP contribution < -0.4 is 0 Å². The number of hydrogen-bond acceptors (Lipinski definition) is 3. The van der Waals surface area contributed by atoms with Crippen LogP contribution in [-0.2, 0) is 4.79 Å². The molecular formula is C15H26N2O4. The van der Waals surface area contributed by atoms with E-state index in [0.717, 1.165) is 38.5 Å². The van der Waals surface area contributed by atoms with Gasteiger partial charge in [0.2, 0.25) is 0 Å². The number of aliphatic hydroxyl groups is 1. The summed E-state index contributed by atoms with van der Waals surface area (Å²) < 4.78 is 0. The quantitative estimate of drug-likeness (QED) is 0.806. The van der Waals surface area contributed by atoms with Crippen molar-refractivity contribution in [2.75, 3.05) is 26.2 Å². The van der Waals surface area contributed by atoms with E-state index in [2.05, 4.69) is 0 Å². The molecule has 120 valence electrons. The van der Waals surface area contributed by atoms with Crippen LogP contribution in [0.2, 0.25) is 0 Å². The average molecular weight is 298 g/mol. The fraction of sp³-hybridized carbons (Fsp3) is 0.867. The Hall–Kier alpha value is -1.30. The van der Waals surface area contributed by atoms with E-state index in [9.17, 15) is 14.7 Å². The van der Waals surface area contributed by atoms with Gasteiger partial charge in [0.1, 0.15) is 0 Å². The summed E-state index contributed by atoms with van der Waals surface area (Å²) in [5.74, 6) is -0.572. The number of nitrogens with zero attached hydrogens (tertiary/aromatic N) is 2. The van der Waals surface area contributed by atoms with Crippen molar-refractivity contribution in [1.29, 1.82) is 0 Å². The van der Waals surface area contributed by atoms with E-state index in [-0.39, 0.29) is 31.0 Å². The highest BCUT2D eigenvalue weighted by Crippen LogP contribution is 2.26. The van der Waals surface area contributed by atoms with Crippen LogP contribution in [0, 0.1) is 5.92 Å². The highest BCUT2D eigenvalue weighted by molar-refractivity contribution is 5.75. The molecule has 2 N–H and O–H groups in total. The van der Waals surface area contributed by atoms with Crippen molar-refractivity contribution >= 4 is 12.0 Å². The molecule has 0 radical (unpaired) electrons. The van der Waals surface area contributed by atoms with E-state index >= 15 is 0 Å². The Morgan fingerprint density at radius 1 is 1.10 bits per heavy atom. The first-order valence-corrected chi connectivity index (χ1v) is 8.00. The summed E-state index contributed by atoms with van der Waals surface area (Å²) in [4.78, 5) is 27.0. The Kier molecular flexibility index (Phi) is 5.85. The van der Waals surface area contributed by atoms with Gasteiger partial charge < -0.3 is 20.0 Å². The molecule has 1 heterocycles. The number of urea groups is 1. The van der Waals surface area contributed by atoms with E-state index in [1.165, 1.54) is 0 Å². The van der Waals surface area contributed by atoms with Gasteiger partial charge in [-0.1, -0.05) is 12.8 Å². The molecule has 2 fully saturated rings. The largest absolute Gasteiger partial charge is 0.481 e. The first-order valence-electron chi connectivity index (χ1n) is 8.00. The number of rotatable bonds is 5. The molecule has 0 bridgehead atoms. The summed E-state index contributed by atoms with van der Waals surface area (Å²) >= 11 is 0. The normalized spacial score (nSPS) is 20.7. The lowest BCUT2D eigenvalue weighted by Gasteiger charge is -2.37. The van der Waals surface area contributed by atoms with Crippen LogP contribution >= 0.6 is 0 Å². The summed E-state index contributed by atoms with van der Waals surface area (Å²) in [5, 5.41) is 18.0. The summed E-state index contributed by atoms with van der Waals surface area (Å²) in [7, 11) is 0. The SMILES string of the molecule is O=C(O)CC1CCN(C(=O)N(CCO)C2CCCC2)CC1. The molecule has 0 atom stereocenters. The molecule has 1 aliphatic carbocycles. The van der Waals surface area contributed by atoms with Crippen molar-refractivity contribution in [2.24, 2.45) is 5.92 Å². The van der Waals surface area contributed by atoms with Gasteiger partial charge in [-0.15, -0.1) is 0 Å². The number of carboxylic acids is 1.